The van der Waals surface area contributed by atoms with Crippen molar-refractivity contribution in [1.82, 2.24) is 10.2 Å². The van der Waals surface area contributed by atoms with Crippen LogP contribution < -0.4 is 5.32 Å². The van der Waals surface area contributed by atoms with Crippen LogP contribution in [-0.4, -0.2) is 29.9 Å². The molecule has 3 nitrogen and oxygen atoms in total. The van der Waals surface area contributed by atoms with E-state index < -0.39 is 0 Å². The van der Waals surface area contributed by atoms with E-state index in [2.05, 4.69) is 41.4 Å². The number of fused-ring (bicyclic) bond motifs is 1. The highest BCUT2D eigenvalue weighted by atomic mass is 16.2. The molecule has 1 fully saturated rings. The molecule has 102 valence electrons. The molecule has 0 bridgehead atoms. The first kappa shape index (κ1) is 12.7. The highest BCUT2D eigenvalue weighted by Gasteiger charge is 2.33. The van der Waals surface area contributed by atoms with E-state index in [1.807, 2.05) is 0 Å². The molecule has 2 atom stereocenters. The number of carbonyl (C=O) groups excluding carboxylic acids is 1. The average Bonchev–Trinajstić information content (AvgIpc) is 2.73. The van der Waals surface area contributed by atoms with Gasteiger partial charge in [-0.05, 0) is 43.9 Å². The Morgan fingerprint density at radius 1 is 1.32 bits per heavy atom. The molecule has 3 heteroatoms. The lowest BCUT2D eigenvalue weighted by Crippen LogP contribution is -2.40. The van der Waals surface area contributed by atoms with Crippen molar-refractivity contribution < 1.29 is 4.79 Å². The second-order valence-corrected chi connectivity index (χ2v) is 5.77. The SMILES string of the molecule is CC1NCCC1C(=O)N1CCCc2ccccc2C1. The predicted octanol–water partition coefficient (Wildman–Crippen LogP) is 1.96. The summed E-state index contributed by atoms with van der Waals surface area (Å²) in [5, 5.41) is 3.38. The molecule has 1 saturated heterocycles. The van der Waals surface area contributed by atoms with Gasteiger partial charge in [0.2, 0.25) is 5.91 Å². The summed E-state index contributed by atoms with van der Waals surface area (Å²) in [5.74, 6) is 0.513. The molecule has 0 aliphatic carbocycles. The standard InChI is InChI=1S/C16H22N2O/c1-12-15(8-9-17-12)16(19)18-10-4-7-13-5-2-3-6-14(13)11-18/h2-3,5-6,12,15,17H,4,7-11H2,1H3. The number of hydrogen-bond donors (Lipinski definition) is 1. The second-order valence-electron chi connectivity index (χ2n) is 5.77. The molecule has 3 rings (SSSR count). The van der Waals surface area contributed by atoms with Crippen LogP contribution in [0.1, 0.15) is 30.9 Å². The summed E-state index contributed by atoms with van der Waals surface area (Å²) in [6.07, 6.45) is 3.16. The maximum absolute atomic E-state index is 12.7. The van der Waals surface area contributed by atoms with E-state index in [1.54, 1.807) is 0 Å². The lowest BCUT2D eigenvalue weighted by Gasteiger charge is -2.26. The first-order chi connectivity index (χ1) is 9.25. The minimum absolute atomic E-state index is 0.172. The van der Waals surface area contributed by atoms with Gasteiger partial charge in [-0.2, -0.15) is 0 Å². The van der Waals surface area contributed by atoms with Gasteiger partial charge in [0.15, 0.2) is 0 Å². The Morgan fingerprint density at radius 2 is 2.11 bits per heavy atom. The molecule has 1 N–H and O–H groups in total. The second kappa shape index (κ2) is 5.33. The molecule has 0 saturated carbocycles. The number of benzene rings is 1. The van der Waals surface area contributed by atoms with Crippen LogP contribution in [0.25, 0.3) is 0 Å². The Balaban J connectivity index is 1.77. The quantitative estimate of drug-likeness (QED) is 0.835. The fraction of sp³-hybridized carbons (Fsp3) is 0.562. The zero-order chi connectivity index (χ0) is 13.2. The molecule has 0 aromatic heterocycles. The Kier molecular flexibility index (Phi) is 3.56. The third kappa shape index (κ3) is 2.52. The molecule has 19 heavy (non-hydrogen) atoms. The maximum Gasteiger partial charge on any atom is 0.227 e. The van der Waals surface area contributed by atoms with Crippen LogP contribution in [0.2, 0.25) is 0 Å². The third-order valence-electron chi connectivity index (χ3n) is 4.51. The molecule has 2 heterocycles. The van der Waals surface area contributed by atoms with Gasteiger partial charge in [0, 0.05) is 19.1 Å². The molecule has 1 amide bonds. The van der Waals surface area contributed by atoms with Crippen molar-refractivity contribution >= 4 is 5.91 Å². The molecule has 1 aromatic rings. The highest BCUT2D eigenvalue weighted by molar-refractivity contribution is 5.80. The van der Waals surface area contributed by atoms with Crippen LogP contribution in [0.5, 0.6) is 0 Å². The van der Waals surface area contributed by atoms with Gasteiger partial charge in [-0.1, -0.05) is 24.3 Å². The number of nitrogens with zero attached hydrogens (tertiary/aromatic N) is 1. The number of amides is 1. The largest absolute Gasteiger partial charge is 0.338 e. The van der Waals surface area contributed by atoms with Crippen molar-refractivity contribution in [2.75, 3.05) is 13.1 Å². The number of aryl methyl sites for hydroxylation is 1. The first-order valence-corrected chi connectivity index (χ1v) is 7.34. The molecule has 2 aliphatic rings. The Hall–Kier alpha value is -1.35. The molecule has 2 unspecified atom stereocenters. The number of rotatable bonds is 1. The molecule has 1 aromatic carbocycles. The summed E-state index contributed by atoms with van der Waals surface area (Å²) in [6.45, 7) is 4.79. The number of hydrogen-bond acceptors (Lipinski definition) is 2. The van der Waals surface area contributed by atoms with Gasteiger partial charge in [-0.3, -0.25) is 4.79 Å². The van der Waals surface area contributed by atoms with Gasteiger partial charge in [0.1, 0.15) is 0 Å². The summed E-state index contributed by atoms with van der Waals surface area (Å²) in [4.78, 5) is 14.7. The van der Waals surface area contributed by atoms with Crippen LogP contribution in [0.3, 0.4) is 0 Å². The van der Waals surface area contributed by atoms with E-state index in [1.165, 1.54) is 11.1 Å². The number of nitrogens with one attached hydrogen (secondary N) is 1. The zero-order valence-corrected chi connectivity index (χ0v) is 11.6. The topological polar surface area (TPSA) is 32.3 Å². The van der Waals surface area contributed by atoms with Crippen molar-refractivity contribution in [2.45, 2.75) is 38.8 Å². The van der Waals surface area contributed by atoms with E-state index in [0.717, 1.165) is 38.9 Å². The summed E-state index contributed by atoms with van der Waals surface area (Å²) in [5.41, 5.74) is 2.74. The highest BCUT2D eigenvalue weighted by Crippen LogP contribution is 2.23. The van der Waals surface area contributed by atoms with Crippen molar-refractivity contribution in [3.8, 4) is 0 Å². The van der Waals surface area contributed by atoms with E-state index in [4.69, 9.17) is 0 Å². The van der Waals surface area contributed by atoms with Crippen LogP contribution >= 0.6 is 0 Å². The van der Waals surface area contributed by atoms with Gasteiger partial charge in [-0.15, -0.1) is 0 Å². The normalized spacial score (nSPS) is 26.9. The van der Waals surface area contributed by atoms with Crippen molar-refractivity contribution in [2.24, 2.45) is 5.92 Å². The van der Waals surface area contributed by atoms with Crippen molar-refractivity contribution in [1.29, 1.82) is 0 Å². The lowest BCUT2D eigenvalue weighted by molar-refractivity contribution is -0.136. The predicted molar refractivity (Wildman–Crippen MR) is 75.8 cm³/mol. The van der Waals surface area contributed by atoms with E-state index >= 15 is 0 Å². The number of carbonyl (C=O) groups is 1. The molecular weight excluding hydrogens is 236 g/mol. The van der Waals surface area contributed by atoms with E-state index in [-0.39, 0.29) is 5.92 Å². The summed E-state index contributed by atoms with van der Waals surface area (Å²) >= 11 is 0. The van der Waals surface area contributed by atoms with Crippen molar-refractivity contribution in [3.05, 3.63) is 35.4 Å². The summed E-state index contributed by atoms with van der Waals surface area (Å²) in [6, 6.07) is 8.86. The van der Waals surface area contributed by atoms with Crippen molar-refractivity contribution in [3.63, 3.8) is 0 Å². The monoisotopic (exact) mass is 258 g/mol. The smallest absolute Gasteiger partial charge is 0.227 e. The van der Waals surface area contributed by atoms with Crippen LogP contribution in [0.15, 0.2) is 24.3 Å². The van der Waals surface area contributed by atoms with Crippen LogP contribution in [0, 0.1) is 5.92 Å². The average molecular weight is 258 g/mol. The zero-order valence-electron chi connectivity index (χ0n) is 11.6. The molecule has 0 spiro atoms. The lowest BCUT2D eigenvalue weighted by atomic mass is 10.00. The minimum Gasteiger partial charge on any atom is -0.338 e. The summed E-state index contributed by atoms with van der Waals surface area (Å²) < 4.78 is 0. The molecular formula is C16H22N2O. The van der Waals surface area contributed by atoms with Gasteiger partial charge in [0.05, 0.1) is 5.92 Å². The first-order valence-electron chi connectivity index (χ1n) is 7.34. The molecule has 2 aliphatic heterocycles. The van der Waals surface area contributed by atoms with Gasteiger partial charge in [0.25, 0.3) is 0 Å². The Morgan fingerprint density at radius 3 is 2.84 bits per heavy atom. The van der Waals surface area contributed by atoms with Gasteiger partial charge in [-0.25, -0.2) is 0 Å². The Labute approximate surface area is 115 Å². The van der Waals surface area contributed by atoms with Gasteiger partial charge < -0.3 is 10.2 Å². The third-order valence-corrected chi connectivity index (χ3v) is 4.51. The van der Waals surface area contributed by atoms with Crippen LogP contribution in [0.4, 0.5) is 0 Å². The minimum atomic E-state index is 0.172. The fourth-order valence-electron chi connectivity index (χ4n) is 3.32. The molecule has 0 radical (unpaired) electrons. The van der Waals surface area contributed by atoms with E-state index in [0.29, 0.717) is 11.9 Å². The maximum atomic E-state index is 12.7. The van der Waals surface area contributed by atoms with E-state index in [9.17, 15) is 4.79 Å². The Bertz CT molecular complexity index is 472. The summed E-state index contributed by atoms with van der Waals surface area (Å²) in [7, 11) is 0. The van der Waals surface area contributed by atoms with Crippen LogP contribution in [-0.2, 0) is 17.8 Å². The fourth-order valence-corrected chi connectivity index (χ4v) is 3.32. The van der Waals surface area contributed by atoms with Gasteiger partial charge >= 0.3 is 0 Å².